The normalized spacial score (nSPS) is 30.9. The molecule has 2 heteroatoms. The van der Waals surface area contributed by atoms with Crippen molar-refractivity contribution >= 4 is 0 Å². The van der Waals surface area contributed by atoms with Crippen LogP contribution in [0.2, 0.25) is 0 Å². The molecule has 1 heterocycles. The Morgan fingerprint density at radius 3 is 1.60 bits per heavy atom. The molecule has 0 aromatic heterocycles. The molecular weight excluding hydrogens is 248 g/mol. The first kappa shape index (κ1) is 16.3. The molecule has 20 heavy (non-hydrogen) atoms. The summed E-state index contributed by atoms with van der Waals surface area (Å²) < 4.78 is 11.7. The van der Waals surface area contributed by atoms with Crippen LogP contribution in [0.1, 0.15) is 80.1 Å². The number of rotatable bonds is 3. The van der Waals surface area contributed by atoms with E-state index in [-0.39, 0.29) is 5.41 Å². The number of hydrogen-bond donors (Lipinski definition) is 0. The molecule has 1 aliphatic heterocycles. The Labute approximate surface area is 125 Å². The van der Waals surface area contributed by atoms with E-state index in [4.69, 9.17) is 9.47 Å². The van der Waals surface area contributed by atoms with Gasteiger partial charge in [-0.3, -0.25) is 0 Å². The molecule has 1 aliphatic carbocycles. The predicted octanol–water partition coefficient (Wildman–Crippen LogP) is 5.16. The van der Waals surface area contributed by atoms with Crippen LogP contribution in [0.3, 0.4) is 0 Å². The van der Waals surface area contributed by atoms with Crippen molar-refractivity contribution in [2.24, 2.45) is 16.2 Å². The fourth-order valence-corrected chi connectivity index (χ4v) is 3.31. The minimum absolute atomic E-state index is 0.200. The lowest BCUT2D eigenvalue weighted by Crippen LogP contribution is -2.45. The third-order valence-electron chi connectivity index (χ3n) is 5.68. The van der Waals surface area contributed by atoms with Crippen LogP contribution in [-0.4, -0.2) is 19.0 Å². The summed E-state index contributed by atoms with van der Waals surface area (Å²) in [5.74, 6) is -0.391. The van der Waals surface area contributed by atoms with Gasteiger partial charge in [-0.2, -0.15) is 0 Å². The molecule has 0 N–H and O–H groups in total. The summed E-state index contributed by atoms with van der Waals surface area (Å²) in [6.07, 6.45) is 8.04. The van der Waals surface area contributed by atoms with Crippen LogP contribution in [0.15, 0.2) is 0 Å². The molecule has 2 rings (SSSR count). The molecule has 118 valence electrons. The zero-order valence-electron chi connectivity index (χ0n) is 14.5. The molecule has 0 aromatic carbocycles. The Bertz CT molecular complexity index is 289. The molecule has 0 atom stereocenters. The smallest absolute Gasteiger partial charge is 0.162 e. The monoisotopic (exact) mass is 282 g/mol. The first-order valence-corrected chi connectivity index (χ1v) is 8.31. The van der Waals surface area contributed by atoms with Gasteiger partial charge in [-0.05, 0) is 63.2 Å². The highest BCUT2D eigenvalue weighted by molar-refractivity contribution is 4.89. The van der Waals surface area contributed by atoms with Gasteiger partial charge in [0.1, 0.15) is 0 Å². The van der Waals surface area contributed by atoms with E-state index >= 15 is 0 Å². The molecule has 1 saturated heterocycles. The quantitative estimate of drug-likeness (QED) is 0.711. The molecule has 0 radical (unpaired) electrons. The van der Waals surface area contributed by atoms with E-state index in [1.807, 2.05) is 13.8 Å². The predicted molar refractivity (Wildman–Crippen MR) is 83.7 cm³/mol. The van der Waals surface area contributed by atoms with Crippen LogP contribution < -0.4 is 0 Å². The number of ether oxygens (including phenoxy) is 2. The van der Waals surface area contributed by atoms with Crippen LogP contribution in [0.5, 0.6) is 0 Å². The van der Waals surface area contributed by atoms with Crippen molar-refractivity contribution in [1.29, 1.82) is 0 Å². The molecule has 0 unspecified atom stereocenters. The second kappa shape index (κ2) is 5.28. The number of hydrogen-bond acceptors (Lipinski definition) is 2. The van der Waals surface area contributed by atoms with Crippen molar-refractivity contribution < 1.29 is 9.47 Å². The van der Waals surface area contributed by atoms with E-state index in [1.54, 1.807) is 0 Å². The zero-order chi connectivity index (χ0) is 15.1. The summed E-state index contributed by atoms with van der Waals surface area (Å²) in [4.78, 5) is 0. The van der Waals surface area contributed by atoms with Gasteiger partial charge < -0.3 is 9.47 Å². The molecule has 1 saturated carbocycles. The summed E-state index contributed by atoms with van der Waals surface area (Å²) >= 11 is 0. The Kier molecular flexibility index (Phi) is 4.30. The molecule has 2 nitrogen and oxygen atoms in total. The summed E-state index contributed by atoms with van der Waals surface area (Å²) in [5, 5.41) is 0. The Balaban J connectivity index is 1.83. The Morgan fingerprint density at radius 1 is 0.650 bits per heavy atom. The minimum atomic E-state index is -0.391. The highest BCUT2D eigenvalue weighted by Crippen LogP contribution is 2.48. The first-order valence-electron chi connectivity index (χ1n) is 8.31. The van der Waals surface area contributed by atoms with Crippen LogP contribution in [0.25, 0.3) is 0 Å². The fourth-order valence-electron chi connectivity index (χ4n) is 3.31. The van der Waals surface area contributed by atoms with Crippen molar-refractivity contribution in [3.05, 3.63) is 0 Å². The highest BCUT2D eigenvalue weighted by atomic mass is 16.7. The van der Waals surface area contributed by atoms with Crippen LogP contribution >= 0.6 is 0 Å². The fraction of sp³-hybridized carbons (Fsp3) is 1.00. The van der Waals surface area contributed by atoms with Gasteiger partial charge in [-0.15, -0.1) is 0 Å². The lowest BCUT2D eigenvalue weighted by atomic mass is 9.63. The van der Waals surface area contributed by atoms with E-state index in [0.717, 1.165) is 13.2 Å². The van der Waals surface area contributed by atoms with Crippen molar-refractivity contribution in [3.63, 3.8) is 0 Å². The summed E-state index contributed by atoms with van der Waals surface area (Å²) in [5.41, 5.74) is 1.29. The summed E-state index contributed by atoms with van der Waals surface area (Å²) in [6, 6.07) is 0. The van der Waals surface area contributed by atoms with E-state index in [0.29, 0.717) is 10.8 Å². The van der Waals surface area contributed by atoms with Crippen LogP contribution in [0.4, 0.5) is 0 Å². The second-order valence-corrected chi connectivity index (χ2v) is 9.26. The Morgan fingerprint density at radius 2 is 1.10 bits per heavy atom. The van der Waals surface area contributed by atoms with Crippen LogP contribution in [-0.2, 0) is 9.47 Å². The SMILES string of the molecule is CC1(C)CCC(C)(CCC2(C)COC(C)(C)OC2)CC1. The molecule has 2 fully saturated rings. The third kappa shape index (κ3) is 4.21. The van der Waals surface area contributed by atoms with E-state index < -0.39 is 5.79 Å². The van der Waals surface area contributed by atoms with Gasteiger partial charge in [0, 0.05) is 5.41 Å². The van der Waals surface area contributed by atoms with E-state index in [1.165, 1.54) is 38.5 Å². The minimum Gasteiger partial charge on any atom is -0.350 e. The zero-order valence-corrected chi connectivity index (χ0v) is 14.5. The largest absolute Gasteiger partial charge is 0.350 e. The maximum Gasteiger partial charge on any atom is 0.162 e. The second-order valence-electron chi connectivity index (χ2n) is 9.26. The lowest BCUT2D eigenvalue weighted by molar-refractivity contribution is -0.284. The Hall–Kier alpha value is -0.0800. The van der Waals surface area contributed by atoms with Gasteiger partial charge in [0.15, 0.2) is 5.79 Å². The van der Waals surface area contributed by atoms with Crippen LogP contribution in [0, 0.1) is 16.2 Å². The lowest BCUT2D eigenvalue weighted by Gasteiger charge is -2.45. The first-order chi connectivity index (χ1) is 9.04. The van der Waals surface area contributed by atoms with Crippen molar-refractivity contribution in [2.75, 3.05) is 13.2 Å². The van der Waals surface area contributed by atoms with Gasteiger partial charge >= 0.3 is 0 Å². The van der Waals surface area contributed by atoms with Gasteiger partial charge in [0.2, 0.25) is 0 Å². The van der Waals surface area contributed by atoms with E-state index in [2.05, 4.69) is 27.7 Å². The van der Waals surface area contributed by atoms with Gasteiger partial charge in [0.05, 0.1) is 13.2 Å². The van der Waals surface area contributed by atoms with Crippen molar-refractivity contribution in [1.82, 2.24) is 0 Å². The van der Waals surface area contributed by atoms with Gasteiger partial charge in [-0.25, -0.2) is 0 Å². The van der Waals surface area contributed by atoms with Gasteiger partial charge in [-0.1, -0.05) is 27.7 Å². The molecular formula is C18H34O2. The molecule has 0 aromatic rings. The standard InChI is InChI=1S/C18H34O2/c1-15(2)7-9-17(5,10-8-15)11-12-18(6)13-19-16(3,4)20-14-18/h7-14H2,1-6H3. The molecule has 0 spiro atoms. The van der Waals surface area contributed by atoms with Crippen molar-refractivity contribution in [2.45, 2.75) is 85.9 Å². The molecule has 0 amide bonds. The third-order valence-corrected chi connectivity index (χ3v) is 5.68. The summed E-state index contributed by atoms with van der Waals surface area (Å²) in [7, 11) is 0. The van der Waals surface area contributed by atoms with E-state index in [9.17, 15) is 0 Å². The molecule has 2 aliphatic rings. The maximum absolute atomic E-state index is 5.86. The summed E-state index contributed by atoms with van der Waals surface area (Å²) in [6.45, 7) is 15.3. The van der Waals surface area contributed by atoms with Crippen molar-refractivity contribution in [3.8, 4) is 0 Å². The average molecular weight is 282 g/mol. The highest BCUT2D eigenvalue weighted by Gasteiger charge is 2.40. The molecule has 0 bridgehead atoms. The average Bonchev–Trinajstić information content (AvgIpc) is 2.36. The maximum atomic E-state index is 5.86. The van der Waals surface area contributed by atoms with Gasteiger partial charge in [0.25, 0.3) is 0 Å². The topological polar surface area (TPSA) is 18.5 Å².